The van der Waals surface area contributed by atoms with E-state index in [1.807, 2.05) is 0 Å². The molecule has 1 atom stereocenters. The van der Waals surface area contributed by atoms with Gasteiger partial charge in [0.25, 0.3) is 0 Å². The van der Waals surface area contributed by atoms with Gasteiger partial charge in [-0.25, -0.2) is 0 Å². The van der Waals surface area contributed by atoms with Crippen LogP contribution in [0.4, 0.5) is 0 Å². The van der Waals surface area contributed by atoms with Crippen molar-refractivity contribution in [2.45, 2.75) is 38.9 Å². The topological polar surface area (TPSA) is 18.5 Å². The van der Waals surface area contributed by atoms with Gasteiger partial charge in [0, 0.05) is 12.3 Å². The number of rotatable bonds is 3. The van der Waals surface area contributed by atoms with Crippen LogP contribution >= 0.6 is 0 Å². The molecule has 3 saturated heterocycles. The Hall–Kier alpha value is -0.0800. The Morgan fingerprint density at radius 3 is 2.50 bits per heavy atom. The van der Waals surface area contributed by atoms with Gasteiger partial charge in [-0.3, -0.25) is 0 Å². The summed E-state index contributed by atoms with van der Waals surface area (Å²) in [5, 5.41) is 0. The fourth-order valence-electron chi connectivity index (χ4n) is 2.23. The summed E-state index contributed by atoms with van der Waals surface area (Å²) in [6.07, 6.45) is 5.34. The summed E-state index contributed by atoms with van der Waals surface area (Å²) in [6, 6.07) is 0. The first kappa shape index (κ1) is 8.52. The van der Waals surface area contributed by atoms with Gasteiger partial charge in [0.1, 0.15) is 0 Å². The van der Waals surface area contributed by atoms with Gasteiger partial charge < -0.3 is 9.47 Å². The molecule has 0 amide bonds. The molecule has 3 fully saturated rings. The largest absolute Gasteiger partial charge is 0.352 e. The van der Waals surface area contributed by atoms with Crippen molar-refractivity contribution in [3.63, 3.8) is 0 Å². The second-order valence-electron chi connectivity index (χ2n) is 3.99. The SMILES string of the molecule is CCCCC1CC2OCC1CO2. The van der Waals surface area contributed by atoms with Crippen molar-refractivity contribution in [2.75, 3.05) is 13.2 Å². The maximum atomic E-state index is 5.46. The van der Waals surface area contributed by atoms with Crippen molar-refractivity contribution < 1.29 is 9.47 Å². The lowest BCUT2D eigenvalue weighted by Crippen LogP contribution is -2.44. The van der Waals surface area contributed by atoms with Crippen LogP contribution < -0.4 is 0 Å². The highest BCUT2D eigenvalue weighted by molar-refractivity contribution is 4.79. The first-order chi connectivity index (χ1) is 5.90. The Balaban J connectivity index is 1.82. The Labute approximate surface area is 74.2 Å². The van der Waals surface area contributed by atoms with Gasteiger partial charge in [-0.1, -0.05) is 19.8 Å². The second-order valence-corrected chi connectivity index (χ2v) is 3.99. The van der Waals surface area contributed by atoms with E-state index in [9.17, 15) is 0 Å². The predicted molar refractivity (Wildman–Crippen MR) is 46.8 cm³/mol. The molecule has 3 rings (SSSR count). The van der Waals surface area contributed by atoms with Gasteiger partial charge in [-0.2, -0.15) is 0 Å². The molecule has 0 aromatic heterocycles. The van der Waals surface area contributed by atoms with Crippen LogP contribution in [0, 0.1) is 11.8 Å². The Morgan fingerprint density at radius 1 is 1.25 bits per heavy atom. The van der Waals surface area contributed by atoms with E-state index in [-0.39, 0.29) is 6.29 Å². The van der Waals surface area contributed by atoms with Gasteiger partial charge >= 0.3 is 0 Å². The monoisotopic (exact) mass is 170 g/mol. The van der Waals surface area contributed by atoms with Gasteiger partial charge in [-0.15, -0.1) is 0 Å². The Bertz CT molecular complexity index is 139. The molecular formula is C10H18O2. The van der Waals surface area contributed by atoms with E-state index in [1.165, 1.54) is 19.3 Å². The van der Waals surface area contributed by atoms with Crippen LogP contribution in [-0.2, 0) is 9.47 Å². The number of ether oxygens (including phenoxy) is 2. The summed E-state index contributed by atoms with van der Waals surface area (Å²) in [6.45, 7) is 4.15. The van der Waals surface area contributed by atoms with Crippen molar-refractivity contribution in [3.8, 4) is 0 Å². The van der Waals surface area contributed by atoms with Crippen LogP contribution in [0.3, 0.4) is 0 Å². The third kappa shape index (κ3) is 1.64. The lowest BCUT2D eigenvalue weighted by atomic mass is 9.83. The van der Waals surface area contributed by atoms with E-state index < -0.39 is 0 Å². The molecule has 3 heterocycles. The molecule has 1 unspecified atom stereocenters. The zero-order valence-corrected chi connectivity index (χ0v) is 7.79. The molecule has 2 nitrogen and oxygen atoms in total. The first-order valence-corrected chi connectivity index (χ1v) is 5.13. The zero-order valence-electron chi connectivity index (χ0n) is 7.79. The summed E-state index contributed by atoms with van der Waals surface area (Å²) in [4.78, 5) is 0. The normalized spacial score (nSPS) is 40.2. The van der Waals surface area contributed by atoms with E-state index in [2.05, 4.69) is 6.92 Å². The van der Waals surface area contributed by atoms with Crippen molar-refractivity contribution in [1.29, 1.82) is 0 Å². The highest BCUT2D eigenvalue weighted by Crippen LogP contribution is 2.35. The molecule has 12 heavy (non-hydrogen) atoms. The van der Waals surface area contributed by atoms with E-state index in [0.29, 0.717) is 5.92 Å². The maximum absolute atomic E-state index is 5.46. The number of fused-ring (bicyclic) bond motifs is 3. The van der Waals surface area contributed by atoms with Crippen LogP contribution in [0.2, 0.25) is 0 Å². The molecule has 0 N–H and O–H groups in total. The van der Waals surface area contributed by atoms with Crippen LogP contribution in [0.25, 0.3) is 0 Å². The first-order valence-electron chi connectivity index (χ1n) is 5.13. The molecule has 0 aromatic carbocycles. The molecule has 0 aliphatic carbocycles. The zero-order chi connectivity index (χ0) is 8.39. The molecule has 0 radical (unpaired) electrons. The molecule has 3 aliphatic rings. The summed E-state index contributed by atoms with van der Waals surface area (Å²) < 4.78 is 10.9. The average molecular weight is 170 g/mol. The standard InChI is InChI=1S/C10H18O2/c1-2-3-4-8-5-10-11-6-9(8)7-12-10/h8-10H,2-7H2,1H3. The van der Waals surface area contributed by atoms with E-state index in [1.54, 1.807) is 0 Å². The van der Waals surface area contributed by atoms with Crippen LogP contribution in [0.15, 0.2) is 0 Å². The predicted octanol–water partition coefficient (Wildman–Crippen LogP) is 2.19. The lowest BCUT2D eigenvalue weighted by Gasteiger charge is -2.42. The number of hydrogen-bond acceptors (Lipinski definition) is 2. The third-order valence-corrected chi connectivity index (χ3v) is 3.08. The highest BCUT2D eigenvalue weighted by atomic mass is 16.7. The molecule has 2 bridgehead atoms. The van der Waals surface area contributed by atoms with Crippen LogP contribution in [-0.4, -0.2) is 19.5 Å². The molecule has 3 aliphatic heterocycles. The van der Waals surface area contributed by atoms with E-state index in [0.717, 1.165) is 25.6 Å². The Morgan fingerprint density at radius 2 is 2.00 bits per heavy atom. The smallest absolute Gasteiger partial charge is 0.157 e. The van der Waals surface area contributed by atoms with Crippen LogP contribution in [0.1, 0.15) is 32.6 Å². The summed E-state index contributed by atoms with van der Waals surface area (Å²) >= 11 is 0. The maximum Gasteiger partial charge on any atom is 0.157 e. The summed E-state index contributed by atoms with van der Waals surface area (Å²) in [5.41, 5.74) is 0. The van der Waals surface area contributed by atoms with Crippen molar-refractivity contribution in [3.05, 3.63) is 0 Å². The van der Waals surface area contributed by atoms with Gasteiger partial charge in [0.2, 0.25) is 0 Å². The van der Waals surface area contributed by atoms with Gasteiger partial charge in [0.15, 0.2) is 6.29 Å². The highest BCUT2D eigenvalue weighted by Gasteiger charge is 2.36. The average Bonchev–Trinajstić information content (AvgIpc) is 2.17. The molecular weight excluding hydrogens is 152 g/mol. The van der Waals surface area contributed by atoms with E-state index >= 15 is 0 Å². The third-order valence-electron chi connectivity index (χ3n) is 3.08. The molecule has 0 spiro atoms. The quantitative estimate of drug-likeness (QED) is 0.646. The molecule has 0 saturated carbocycles. The molecule has 70 valence electrons. The van der Waals surface area contributed by atoms with Gasteiger partial charge in [0.05, 0.1) is 13.2 Å². The number of hydrogen-bond donors (Lipinski definition) is 0. The lowest BCUT2D eigenvalue weighted by molar-refractivity contribution is -0.253. The molecule has 0 aromatic rings. The summed E-state index contributed by atoms with van der Waals surface area (Å²) in [5.74, 6) is 1.58. The minimum absolute atomic E-state index is 0.136. The van der Waals surface area contributed by atoms with Crippen LogP contribution in [0.5, 0.6) is 0 Å². The minimum Gasteiger partial charge on any atom is -0.352 e. The van der Waals surface area contributed by atoms with Crippen molar-refractivity contribution in [1.82, 2.24) is 0 Å². The van der Waals surface area contributed by atoms with Gasteiger partial charge in [-0.05, 0) is 12.3 Å². The van der Waals surface area contributed by atoms with Crippen molar-refractivity contribution >= 4 is 0 Å². The minimum atomic E-state index is 0.136. The fraction of sp³-hybridized carbons (Fsp3) is 1.00. The Kier molecular flexibility index (Phi) is 2.66. The van der Waals surface area contributed by atoms with Crippen molar-refractivity contribution in [2.24, 2.45) is 11.8 Å². The second kappa shape index (κ2) is 3.75. The fourth-order valence-corrected chi connectivity index (χ4v) is 2.23. The number of unbranched alkanes of at least 4 members (excludes halogenated alkanes) is 1. The van der Waals surface area contributed by atoms with E-state index in [4.69, 9.17) is 9.47 Å². The molecule has 2 heteroatoms. The summed E-state index contributed by atoms with van der Waals surface area (Å²) in [7, 11) is 0.